The minimum absolute atomic E-state index is 0.377. The summed E-state index contributed by atoms with van der Waals surface area (Å²) < 4.78 is 9.98. The summed E-state index contributed by atoms with van der Waals surface area (Å²) in [5.74, 6) is -1.07. The summed E-state index contributed by atoms with van der Waals surface area (Å²) in [6.45, 7) is 0.966. The van der Waals surface area contributed by atoms with Gasteiger partial charge in [-0.1, -0.05) is 17.7 Å². The molecule has 1 rings (SSSR count). The Morgan fingerprint density at radius 3 is 2.67 bits per heavy atom. The fourth-order valence-corrected chi connectivity index (χ4v) is 1.44. The highest BCUT2D eigenvalue weighted by Crippen LogP contribution is 2.16. The molecular formula is C13H15ClN2O5. The van der Waals surface area contributed by atoms with Crippen LogP contribution in [0.3, 0.4) is 0 Å². The summed E-state index contributed by atoms with van der Waals surface area (Å²) in [6, 6.07) is 5.82. The number of benzene rings is 1. The fraction of sp³-hybridized carbons (Fsp3) is 0.308. The molecule has 0 radical (unpaired) electrons. The van der Waals surface area contributed by atoms with Gasteiger partial charge in [0.2, 0.25) is 0 Å². The molecule has 1 atom stereocenters. The molecule has 1 aromatic rings. The van der Waals surface area contributed by atoms with Gasteiger partial charge in [-0.25, -0.2) is 9.59 Å². The standard InChI is InChI=1S/C13H15ClN2O5/c1-8(12(18)16-13(19)15-2)21-11(17)7-20-10-5-3-4-9(14)6-10/h3-6,8H,7H2,1-2H3,(H2,15,16,18,19). The Hall–Kier alpha value is -2.28. The summed E-state index contributed by atoms with van der Waals surface area (Å²) >= 11 is 5.76. The lowest BCUT2D eigenvalue weighted by Crippen LogP contribution is -2.43. The third-order valence-electron chi connectivity index (χ3n) is 2.29. The van der Waals surface area contributed by atoms with Crippen molar-refractivity contribution in [3.8, 4) is 5.75 Å². The van der Waals surface area contributed by atoms with Crippen LogP contribution in [0.25, 0.3) is 0 Å². The SMILES string of the molecule is CNC(=O)NC(=O)C(C)OC(=O)COc1cccc(Cl)c1. The Morgan fingerprint density at radius 1 is 1.33 bits per heavy atom. The van der Waals surface area contributed by atoms with Crippen LogP contribution in [-0.2, 0) is 14.3 Å². The van der Waals surface area contributed by atoms with Crippen LogP contribution in [0.15, 0.2) is 24.3 Å². The van der Waals surface area contributed by atoms with Crippen LogP contribution in [-0.4, -0.2) is 37.7 Å². The van der Waals surface area contributed by atoms with Crippen molar-refractivity contribution in [1.29, 1.82) is 0 Å². The Kier molecular flexibility index (Phi) is 6.48. The molecule has 0 aromatic heterocycles. The molecule has 1 unspecified atom stereocenters. The molecule has 8 heteroatoms. The van der Waals surface area contributed by atoms with Crippen molar-refractivity contribution < 1.29 is 23.9 Å². The number of carbonyl (C=O) groups excluding carboxylic acids is 3. The quantitative estimate of drug-likeness (QED) is 0.794. The van der Waals surface area contributed by atoms with E-state index in [0.29, 0.717) is 10.8 Å². The Morgan fingerprint density at radius 2 is 2.05 bits per heavy atom. The third kappa shape index (κ3) is 6.13. The van der Waals surface area contributed by atoms with E-state index in [1.54, 1.807) is 18.2 Å². The van der Waals surface area contributed by atoms with Crippen LogP contribution in [0.5, 0.6) is 5.75 Å². The lowest BCUT2D eigenvalue weighted by Gasteiger charge is -2.13. The summed E-state index contributed by atoms with van der Waals surface area (Å²) in [5, 5.41) is 4.67. The number of ether oxygens (including phenoxy) is 2. The van der Waals surface area contributed by atoms with Crippen LogP contribution < -0.4 is 15.4 Å². The monoisotopic (exact) mass is 314 g/mol. The minimum Gasteiger partial charge on any atom is -0.482 e. The zero-order valence-electron chi connectivity index (χ0n) is 11.5. The summed E-state index contributed by atoms with van der Waals surface area (Å²) in [5.41, 5.74) is 0. The zero-order chi connectivity index (χ0) is 15.8. The molecule has 0 aliphatic carbocycles. The fourth-order valence-electron chi connectivity index (χ4n) is 1.26. The predicted molar refractivity (Wildman–Crippen MR) is 75.1 cm³/mol. The van der Waals surface area contributed by atoms with Gasteiger partial charge in [-0.05, 0) is 25.1 Å². The highest BCUT2D eigenvalue weighted by atomic mass is 35.5. The molecule has 0 saturated carbocycles. The van der Waals surface area contributed by atoms with Crippen LogP contribution in [0.2, 0.25) is 5.02 Å². The van der Waals surface area contributed by atoms with Gasteiger partial charge in [0.05, 0.1) is 0 Å². The average Bonchev–Trinajstić information content (AvgIpc) is 2.45. The van der Waals surface area contributed by atoms with Crippen molar-refractivity contribution in [2.45, 2.75) is 13.0 Å². The first-order chi connectivity index (χ1) is 9.92. The number of urea groups is 1. The van der Waals surface area contributed by atoms with Gasteiger partial charge in [0.15, 0.2) is 12.7 Å². The number of carbonyl (C=O) groups is 3. The lowest BCUT2D eigenvalue weighted by atomic mass is 10.3. The maximum absolute atomic E-state index is 11.5. The first-order valence-corrected chi connectivity index (χ1v) is 6.40. The first-order valence-electron chi connectivity index (χ1n) is 6.02. The van der Waals surface area contributed by atoms with Crippen molar-refractivity contribution in [2.24, 2.45) is 0 Å². The van der Waals surface area contributed by atoms with Gasteiger partial charge in [-0.2, -0.15) is 0 Å². The number of rotatable bonds is 5. The molecule has 7 nitrogen and oxygen atoms in total. The average molecular weight is 315 g/mol. The largest absolute Gasteiger partial charge is 0.482 e. The molecule has 0 bridgehead atoms. The second kappa shape index (κ2) is 8.11. The van der Waals surface area contributed by atoms with Gasteiger partial charge in [0, 0.05) is 12.1 Å². The maximum Gasteiger partial charge on any atom is 0.344 e. The summed E-state index contributed by atoms with van der Waals surface area (Å²) in [7, 11) is 1.36. The predicted octanol–water partition coefficient (Wildman–Crippen LogP) is 1.11. The van der Waals surface area contributed by atoms with E-state index >= 15 is 0 Å². The molecule has 21 heavy (non-hydrogen) atoms. The molecule has 0 spiro atoms. The highest BCUT2D eigenvalue weighted by Gasteiger charge is 2.19. The van der Waals surface area contributed by atoms with Gasteiger partial charge in [0.25, 0.3) is 5.91 Å². The van der Waals surface area contributed by atoms with Gasteiger partial charge >= 0.3 is 12.0 Å². The topological polar surface area (TPSA) is 93.7 Å². The Labute approximate surface area is 126 Å². The minimum atomic E-state index is -1.11. The van der Waals surface area contributed by atoms with Crippen molar-refractivity contribution in [3.63, 3.8) is 0 Å². The van der Waals surface area contributed by atoms with E-state index in [4.69, 9.17) is 21.1 Å². The van der Waals surface area contributed by atoms with Gasteiger partial charge in [-0.15, -0.1) is 0 Å². The third-order valence-corrected chi connectivity index (χ3v) is 2.53. The number of hydrogen-bond acceptors (Lipinski definition) is 5. The smallest absolute Gasteiger partial charge is 0.344 e. The van der Waals surface area contributed by atoms with Crippen LogP contribution in [0, 0.1) is 0 Å². The molecule has 114 valence electrons. The van der Waals surface area contributed by atoms with Gasteiger partial charge in [0.1, 0.15) is 5.75 Å². The molecular weight excluding hydrogens is 300 g/mol. The number of imide groups is 1. The Bertz CT molecular complexity index is 535. The van der Waals surface area contributed by atoms with E-state index < -0.39 is 24.0 Å². The second-order valence-corrected chi connectivity index (χ2v) is 4.38. The van der Waals surface area contributed by atoms with Crippen molar-refractivity contribution in [1.82, 2.24) is 10.6 Å². The molecule has 3 amide bonds. The van der Waals surface area contributed by atoms with E-state index in [-0.39, 0.29) is 6.61 Å². The molecule has 0 aliphatic heterocycles. The number of esters is 1. The molecule has 0 fully saturated rings. The molecule has 0 aliphatic rings. The van der Waals surface area contributed by atoms with Crippen LogP contribution >= 0.6 is 11.6 Å². The van der Waals surface area contributed by atoms with E-state index in [0.717, 1.165) is 0 Å². The number of nitrogens with one attached hydrogen (secondary N) is 2. The van der Waals surface area contributed by atoms with Crippen molar-refractivity contribution in [3.05, 3.63) is 29.3 Å². The van der Waals surface area contributed by atoms with E-state index in [9.17, 15) is 14.4 Å². The van der Waals surface area contributed by atoms with Crippen molar-refractivity contribution >= 4 is 29.5 Å². The first kappa shape index (κ1) is 16.8. The molecule has 1 aromatic carbocycles. The molecule has 2 N–H and O–H groups in total. The van der Waals surface area contributed by atoms with E-state index in [1.807, 2.05) is 5.32 Å². The van der Waals surface area contributed by atoms with E-state index in [1.165, 1.54) is 20.0 Å². The molecule has 0 heterocycles. The van der Waals surface area contributed by atoms with Crippen LogP contribution in [0.1, 0.15) is 6.92 Å². The summed E-state index contributed by atoms with van der Waals surface area (Å²) in [4.78, 5) is 33.9. The number of halogens is 1. The zero-order valence-corrected chi connectivity index (χ0v) is 12.3. The summed E-state index contributed by atoms with van der Waals surface area (Å²) in [6.07, 6.45) is -1.11. The normalized spacial score (nSPS) is 11.2. The van der Waals surface area contributed by atoms with Gasteiger partial charge < -0.3 is 14.8 Å². The van der Waals surface area contributed by atoms with Crippen LogP contribution in [0.4, 0.5) is 4.79 Å². The number of hydrogen-bond donors (Lipinski definition) is 2. The van der Waals surface area contributed by atoms with E-state index in [2.05, 4.69) is 5.32 Å². The maximum atomic E-state index is 11.5. The van der Waals surface area contributed by atoms with Crippen molar-refractivity contribution in [2.75, 3.05) is 13.7 Å². The van der Waals surface area contributed by atoms with Gasteiger partial charge in [-0.3, -0.25) is 10.1 Å². The molecule has 0 saturated heterocycles. The Balaban J connectivity index is 2.39. The second-order valence-electron chi connectivity index (χ2n) is 3.95. The highest BCUT2D eigenvalue weighted by molar-refractivity contribution is 6.30. The number of amides is 3. The lowest BCUT2D eigenvalue weighted by molar-refractivity contribution is -0.156.